The van der Waals surface area contributed by atoms with Crippen LogP contribution in [-0.2, 0) is 6.42 Å². The summed E-state index contributed by atoms with van der Waals surface area (Å²) in [6.07, 6.45) is 0.704. The normalized spacial score (nSPS) is 11.2. The molecule has 3 aromatic rings. The first-order valence-corrected chi connectivity index (χ1v) is 8.12. The summed E-state index contributed by atoms with van der Waals surface area (Å²) in [5.41, 5.74) is 5.18. The Hall–Kier alpha value is -2.62. The fourth-order valence-corrected chi connectivity index (χ4v) is 3.42. The van der Waals surface area contributed by atoms with Gasteiger partial charge in [0.25, 0.3) is 0 Å². The molecular formula is C20H21NO3. The van der Waals surface area contributed by atoms with Gasteiger partial charge in [-0.15, -0.1) is 0 Å². The van der Waals surface area contributed by atoms with Crippen molar-refractivity contribution < 1.29 is 14.0 Å². The molecule has 4 nitrogen and oxygen atoms in total. The van der Waals surface area contributed by atoms with Crippen molar-refractivity contribution in [2.75, 3.05) is 0 Å². The summed E-state index contributed by atoms with van der Waals surface area (Å²) in [6, 6.07) is 5.91. The van der Waals surface area contributed by atoms with Gasteiger partial charge < -0.3 is 9.40 Å². The van der Waals surface area contributed by atoms with Crippen LogP contribution in [-0.4, -0.2) is 16.6 Å². The van der Waals surface area contributed by atoms with Crippen molar-refractivity contribution in [3.63, 3.8) is 0 Å². The van der Waals surface area contributed by atoms with Gasteiger partial charge in [0.2, 0.25) is 5.78 Å². The summed E-state index contributed by atoms with van der Waals surface area (Å²) in [7, 11) is 0. The number of fused-ring (bicyclic) bond motifs is 1. The summed E-state index contributed by atoms with van der Waals surface area (Å²) in [5, 5.41) is 0.980. The number of hydrogen-bond donors (Lipinski definition) is 1. The second-order valence-corrected chi connectivity index (χ2v) is 6.27. The molecule has 0 bridgehead atoms. The van der Waals surface area contributed by atoms with Gasteiger partial charge in [0.05, 0.1) is 5.69 Å². The van der Waals surface area contributed by atoms with Crippen LogP contribution in [0.5, 0.6) is 0 Å². The number of carbonyl (C=O) groups is 2. The molecule has 0 saturated carbocycles. The van der Waals surface area contributed by atoms with E-state index in [1.54, 1.807) is 6.92 Å². The quantitative estimate of drug-likeness (QED) is 0.709. The Bertz CT molecular complexity index is 973. The summed E-state index contributed by atoms with van der Waals surface area (Å²) < 4.78 is 5.87. The average Bonchev–Trinajstić information content (AvgIpc) is 3.03. The fourth-order valence-electron chi connectivity index (χ4n) is 3.42. The minimum absolute atomic E-state index is 0.0451. The molecule has 2 aromatic heterocycles. The molecule has 0 atom stereocenters. The lowest BCUT2D eigenvalue weighted by atomic mass is 10.0. The highest BCUT2D eigenvalue weighted by molar-refractivity contribution is 6.12. The zero-order valence-electron chi connectivity index (χ0n) is 14.7. The number of H-pyrrole nitrogens is 1. The smallest absolute Gasteiger partial charge is 0.244 e. The van der Waals surface area contributed by atoms with Gasteiger partial charge in [-0.2, -0.15) is 0 Å². The second-order valence-electron chi connectivity index (χ2n) is 6.27. The zero-order valence-corrected chi connectivity index (χ0v) is 14.7. The van der Waals surface area contributed by atoms with Gasteiger partial charge in [-0.05, 0) is 51.8 Å². The van der Waals surface area contributed by atoms with Crippen LogP contribution in [0.1, 0.15) is 62.8 Å². The molecule has 0 fully saturated rings. The second kappa shape index (κ2) is 5.78. The van der Waals surface area contributed by atoms with Gasteiger partial charge >= 0.3 is 0 Å². The Morgan fingerprint density at radius 2 is 1.88 bits per heavy atom. The van der Waals surface area contributed by atoms with Crippen molar-refractivity contribution in [3.8, 4) is 0 Å². The molecule has 0 aliphatic heterocycles. The minimum Gasteiger partial charge on any atom is -0.452 e. The molecule has 0 spiro atoms. The molecule has 1 N–H and O–H groups in total. The van der Waals surface area contributed by atoms with Crippen LogP contribution >= 0.6 is 0 Å². The first-order valence-electron chi connectivity index (χ1n) is 8.12. The predicted molar refractivity (Wildman–Crippen MR) is 94.0 cm³/mol. The molecule has 124 valence electrons. The monoisotopic (exact) mass is 323 g/mol. The lowest BCUT2D eigenvalue weighted by molar-refractivity contribution is 0.100. The third kappa shape index (κ3) is 2.39. The maximum Gasteiger partial charge on any atom is 0.244 e. The molecule has 1 aromatic carbocycles. The first-order chi connectivity index (χ1) is 11.3. The van der Waals surface area contributed by atoms with E-state index in [4.69, 9.17) is 4.42 Å². The molecular weight excluding hydrogens is 302 g/mol. The van der Waals surface area contributed by atoms with E-state index in [0.717, 1.165) is 16.5 Å². The van der Waals surface area contributed by atoms with Crippen molar-refractivity contribution in [1.82, 2.24) is 4.98 Å². The number of aromatic nitrogens is 1. The van der Waals surface area contributed by atoms with Gasteiger partial charge in [-0.25, -0.2) is 0 Å². The van der Waals surface area contributed by atoms with Crippen molar-refractivity contribution in [3.05, 3.63) is 57.6 Å². The zero-order chi connectivity index (χ0) is 17.6. The highest BCUT2D eigenvalue weighted by Gasteiger charge is 2.26. The largest absolute Gasteiger partial charge is 0.452 e. The third-order valence-corrected chi connectivity index (χ3v) is 4.52. The molecule has 24 heavy (non-hydrogen) atoms. The van der Waals surface area contributed by atoms with Crippen LogP contribution in [0.3, 0.4) is 0 Å². The van der Waals surface area contributed by atoms with Gasteiger partial charge in [0.1, 0.15) is 5.58 Å². The Balaban J connectivity index is 2.19. The number of aromatic amines is 1. The number of hydrogen-bond acceptors (Lipinski definition) is 3. The van der Waals surface area contributed by atoms with Crippen LogP contribution in [0.4, 0.5) is 0 Å². The Morgan fingerprint density at radius 1 is 1.17 bits per heavy atom. The summed E-state index contributed by atoms with van der Waals surface area (Å²) in [6.45, 7) is 9.15. The molecule has 4 heteroatoms. The molecule has 2 heterocycles. The van der Waals surface area contributed by atoms with Gasteiger partial charge in [0.15, 0.2) is 11.5 Å². The van der Waals surface area contributed by atoms with E-state index in [-0.39, 0.29) is 11.6 Å². The maximum absolute atomic E-state index is 13.1. The number of ketones is 2. The number of carbonyl (C=O) groups excluding carboxylic acids is 2. The van der Waals surface area contributed by atoms with E-state index in [1.165, 1.54) is 6.92 Å². The number of furan rings is 1. The number of rotatable bonds is 4. The minimum atomic E-state index is -0.200. The summed E-state index contributed by atoms with van der Waals surface area (Å²) in [4.78, 5) is 27.9. The van der Waals surface area contributed by atoms with Gasteiger partial charge in [-0.1, -0.05) is 18.6 Å². The highest BCUT2D eigenvalue weighted by Crippen LogP contribution is 2.30. The predicted octanol–water partition coefficient (Wildman–Crippen LogP) is 4.68. The lowest BCUT2D eigenvalue weighted by Gasteiger charge is -2.01. The first kappa shape index (κ1) is 16.2. The van der Waals surface area contributed by atoms with Crippen molar-refractivity contribution in [1.29, 1.82) is 0 Å². The number of Topliss-reactive ketones (excluding diaryl/α,β-unsaturated/α-hetero) is 1. The highest BCUT2D eigenvalue weighted by atomic mass is 16.3. The van der Waals surface area contributed by atoms with Crippen LogP contribution in [0.15, 0.2) is 22.6 Å². The Kier molecular flexibility index (Phi) is 3.91. The van der Waals surface area contributed by atoms with E-state index in [0.29, 0.717) is 40.3 Å². The standard InChI is InChI=1S/C20H21NO3/c1-6-14-15-9-10(2)7-8-16(15)24-20(14)19(23)18-11(3)17(13(5)22)12(4)21-18/h7-9,21H,6H2,1-5H3. The van der Waals surface area contributed by atoms with Gasteiger partial charge in [0, 0.05) is 22.2 Å². The molecule has 3 rings (SSSR count). The summed E-state index contributed by atoms with van der Waals surface area (Å²) >= 11 is 0. The number of aryl methyl sites for hydroxylation is 3. The molecule has 0 aliphatic carbocycles. The van der Waals surface area contributed by atoms with E-state index in [1.807, 2.05) is 39.0 Å². The van der Waals surface area contributed by atoms with Crippen LogP contribution in [0.25, 0.3) is 11.0 Å². The van der Waals surface area contributed by atoms with E-state index in [9.17, 15) is 9.59 Å². The molecule has 0 unspecified atom stereocenters. The third-order valence-electron chi connectivity index (χ3n) is 4.52. The van der Waals surface area contributed by atoms with E-state index in [2.05, 4.69) is 4.98 Å². The van der Waals surface area contributed by atoms with Gasteiger partial charge in [-0.3, -0.25) is 9.59 Å². The number of benzene rings is 1. The molecule has 0 radical (unpaired) electrons. The van der Waals surface area contributed by atoms with E-state index >= 15 is 0 Å². The number of nitrogens with one attached hydrogen (secondary N) is 1. The van der Waals surface area contributed by atoms with Crippen molar-refractivity contribution in [2.45, 2.75) is 41.0 Å². The maximum atomic E-state index is 13.1. The Morgan fingerprint density at radius 3 is 2.46 bits per heavy atom. The Labute approximate surface area is 140 Å². The molecule has 0 saturated heterocycles. The summed E-state index contributed by atoms with van der Waals surface area (Å²) in [5.74, 6) is 0.114. The van der Waals surface area contributed by atoms with Crippen molar-refractivity contribution >= 4 is 22.5 Å². The topological polar surface area (TPSA) is 63.1 Å². The van der Waals surface area contributed by atoms with Crippen LogP contribution in [0.2, 0.25) is 0 Å². The molecule has 0 aliphatic rings. The SMILES string of the molecule is CCc1c(C(=O)c2[nH]c(C)c(C(C)=O)c2C)oc2ccc(C)cc12. The average molecular weight is 323 g/mol. The van der Waals surface area contributed by atoms with Crippen LogP contribution in [0, 0.1) is 20.8 Å². The van der Waals surface area contributed by atoms with E-state index < -0.39 is 0 Å². The van der Waals surface area contributed by atoms with Crippen LogP contribution < -0.4 is 0 Å². The lowest BCUT2D eigenvalue weighted by Crippen LogP contribution is -2.06. The fraction of sp³-hybridized carbons (Fsp3) is 0.300. The molecule has 0 amide bonds. The van der Waals surface area contributed by atoms with Crippen molar-refractivity contribution in [2.24, 2.45) is 0 Å².